The minimum atomic E-state index is -0.840. The number of rotatable bonds is 4. The lowest BCUT2D eigenvalue weighted by Gasteiger charge is -2.05. The normalized spacial score (nSPS) is 12.4. The highest BCUT2D eigenvalue weighted by Gasteiger charge is 2.12. The summed E-state index contributed by atoms with van der Waals surface area (Å²) in [5.74, 6) is -0.840. The highest BCUT2D eigenvalue weighted by Crippen LogP contribution is 2.11. The van der Waals surface area contributed by atoms with Crippen LogP contribution in [-0.4, -0.2) is 15.9 Å². The third kappa shape index (κ3) is 3.12. The molecule has 0 spiro atoms. The van der Waals surface area contributed by atoms with Crippen molar-refractivity contribution in [2.45, 2.75) is 17.8 Å². The molecule has 1 unspecified atom stereocenters. The summed E-state index contributed by atoms with van der Waals surface area (Å²) in [4.78, 5) is 10.0. The molecule has 1 rings (SSSR count). The van der Waals surface area contributed by atoms with Gasteiger partial charge < -0.3 is 10.8 Å². The average molecular weight is 258 g/mol. The quantitative estimate of drug-likeness (QED) is 0.805. The zero-order valence-electron chi connectivity index (χ0n) is 7.61. The maximum Gasteiger partial charge on any atom is 0.317 e. The van der Waals surface area contributed by atoms with E-state index in [9.17, 15) is 4.79 Å². The van der Waals surface area contributed by atoms with E-state index in [-0.39, 0.29) is 0 Å². The van der Waals surface area contributed by atoms with E-state index in [0.717, 1.165) is 11.1 Å². The summed E-state index contributed by atoms with van der Waals surface area (Å²) >= 11 is 3.09. The predicted octanol–water partition coefficient (Wildman–Crippen LogP) is 1.54. The molecule has 0 amide bonds. The largest absolute Gasteiger partial charge is 0.480 e. The molecule has 3 nitrogen and oxygen atoms in total. The predicted molar refractivity (Wildman–Crippen MR) is 58.4 cm³/mol. The molecule has 0 fully saturated rings. The summed E-state index contributed by atoms with van der Waals surface area (Å²) < 4.78 is 0. The molecule has 1 aromatic carbocycles. The number of benzene rings is 1. The Morgan fingerprint density at radius 2 is 1.86 bits per heavy atom. The van der Waals surface area contributed by atoms with Gasteiger partial charge in [-0.2, -0.15) is 0 Å². The van der Waals surface area contributed by atoms with E-state index < -0.39 is 10.8 Å². The van der Waals surface area contributed by atoms with Gasteiger partial charge in [0.2, 0.25) is 0 Å². The Balaban J connectivity index is 2.64. The van der Waals surface area contributed by atoms with Crippen LogP contribution in [0.5, 0.6) is 0 Å². The van der Waals surface area contributed by atoms with Crippen molar-refractivity contribution in [1.82, 2.24) is 0 Å². The number of carboxylic acid groups (broad SMARTS) is 1. The fraction of sp³-hybridized carbons (Fsp3) is 0.300. The Morgan fingerprint density at radius 1 is 1.36 bits per heavy atom. The van der Waals surface area contributed by atoms with Gasteiger partial charge in [0.25, 0.3) is 0 Å². The van der Waals surface area contributed by atoms with Crippen molar-refractivity contribution in [3.8, 4) is 0 Å². The first-order valence-electron chi connectivity index (χ1n) is 4.28. The molecule has 3 N–H and O–H groups in total. The zero-order valence-corrected chi connectivity index (χ0v) is 9.20. The van der Waals surface area contributed by atoms with Gasteiger partial charge in [0, 0.05) is 6.54 Å². The van der Waals surface area contributed by atoms with Crippen molar-refractivity contribution in [1.29, 1.82) is 0 Å². The smallest absolute Gasteiger partial charge is 0.317 e. The van der Waals surface area contributed by atoms with Crippen molar-refractivity contribution >= 4 is 21.9 Å². The molecule has 0 aliphatic heterocycles. The number of hydrogen-bond acceptors (Lipinski definition) is 2. The Bertz CT molecular complexity index is 310. The zero-order chi connectivity index (χ0) is 10.6. The number of carboxylic acids is 1. The maximum absolute atomic E-state index is 10.6. The number of halogens is 1. The van der Waals surface area contributed by atoms with E-state index in [0.29, 0.717) is 13.0 Å². The van der Waals surface area contributed by atoms with Gasteiger partial charge in [-0.25, -0.2) is 0 Å². The highest BCUT2D eigenvalue weighted by atomic mass is 79.9. The minimum Gasteiger partial charge on any atom is -0.480 e. The van der Waals surface area contributed by atoms with Crippen molar-refractivity contribution in [2.75, 3.05) is 0 Å². The number of nitrogens with two attached hydrogens (primary N) is 1. The van der Waals surface area contributed by atoms with Crippen LogP contribution in [0.3, 0.4) is 0 Å². The van der Waals surface area contributed by atoms with Crippen LogP contribution in [0.1, 0.15) is 11.1 Å². The van der Waals surface area contributed by atoms with Gasteiger partial charge in [0.05, 0.1) is 0 Å². The van der Waals surface area contributed by atoms with E-state index in [1.165, 1.54) is 0 Å². The summed E-state index contributed by atoms with van der Waals surface area (Å²) in [5.41, 5.74) is 7.49. The summed E-state index contributed by atoms with van der Waals surface area (Å²) in [5, 5.41) is 8.68. The molecule has 76 valence electrons. The van der Waals surface area contributed by atoms with Gasteiger partial charge in [-0.15, -0.1) is 0 Å². The Hall–Kier alpha value is -0.870. The molecule has 1 atom stereocenters. The number of alkyl halides is 1. The van der Waals surface area contributed by atoms with Crippen molar-refractivity contribution in [2.24, 2.45) is 5.73 Å². The first-order valence-corrected chi connectivity index (χ1v) is 5.20. The fourth-order valence-corrected chi connectivity index (χ4v) is 1.48. The topological polar surface area (TPSA) is 63.3 Å². The van der Waals surface area contributed by atoms with Crippen LogP contribution >= 0.6 is 15.9 Å². The molecule has 4 heteroatoms. The Morgan fingerprint density at radius 3 is 2.29 bits per heavy atom. The first kappa shape index (κ1) is 11.2. The van der Waals surface area contributed by atoms with Crippen molar-refractivity contribution in [3.05, 3.63) is 35.4 Å². The second-order valence-corrected chi connectivity index (χ2v) is 4.14. The fourth-order valence-electron chi connectivity index (χ4n) is 1.11. The van der Waals surface area contributed by atoms with Crippen LogP contribution in [0.25, 0.3) is 0 Å². The van der Waals surface area contributed by atoms with E-state index in [1.807, 2.05) is 24.3 Å². The van der Waals surface area contributed by atoms with E-state index >= 15 is 0 Å². The standard InChI is InChI=1S/C10H12BrNO2/c11-9(10(13)14)5-7-1-3-8(6-12)4-2-7/h1-4,9H,5-6,12H2,(H,13,14). The van der Waals surface area contributed by atoms with Crippen LogP contribution in [0.15, 0.2) is 24.3 Å². The molecule has 0 aromatic heterocycles. The van der Waals surface area contributed by atoms with Crippen LogP contribution in [0.2, 0.25) is 0 Å². The minimum absolute atomic E-state index is 0.486. The molecule has 0 aliphatic carbocycles. The monoisotopic (exact) mass is 257 g/mol. The summed E-state index contributed by atoms with van der Waals surface area (Å²) in [6.45, 7) is 0.511. The second-order valence-electron chi connectivity index (χ2n) is 3.03. The first-order chi connectivity index (χ1) is 6.63. The SMILES string of the molecule is NCc1ccc(CC(Br)C(=O)O)cc1. The molecule has 1 aromatic rings. The third-order valence-electron chi connectivity index (χ3n) is 1.94. The summed E-state index contributed by atoms with van der Waals surface area (Å²) in [6.07, 6.45) is 0.486. The van der Waals surface area contributed by atoms with Crippen molar-refractivity contribution in [3.63, 3.8) is 0 Å². The van der Waals surface area contributed by atoms with Crippen LogP contribution in [-0.2, 0) is 17.8 Å². The van der Waals surface area contributed by atoms with E-state index in [4.69, 9.17) is 10.8 Å². The summed E-state index contributed by atoms with van der Waals surface area (Å²) in [6, 6.07) is 7.63. The molecule has 0 bridgehead atoms. The molecule has 14 heavy (non-hydrogen) atoms. The van der Waals surface area contributed by atoms with Crippen LogP contribution in [0, 0.1) is 0 Å². The van der Waals surface area contributed by atoms with Crippen molar-refractivity contribution < 1.29 is 9.90 Å². The Labute approximate surface area is 91.1 Å². The lowest BCUT2D eigenvalue weighted by Crippen LogP contribution is -2.15. The second kappa shape index (κ2) is 5.12. The van der Waals surface area contributed by atoms with Gasteiger partial charge >= 0.3 is 5.97 Å². The number of aliphatic carboxylic acids is 1. The molecular weight excluding hydrogens is 246 g/mol. The van der Waals surface area contributed by atoms with E-state index in [2.05, 4.69) is 15.9 Å². The average Bonchev–Trinajstić information content (AvgIpc) is 2.19. The molecule has 0 aliphatic rings. The highest BCUT2D eigenvalue weighted by molar-refractivity contribution is 9.10. The molecule has 0 saturated heterocycles. The van der Waals surface area contributed by atoms with Crippen LogP contribution < -0.4 is 5.73 Å². The number of hydrogen-bond donors (Lipinski definition) is 2. The van der Waals surface area contributed by atoms with E-state index in [1.54, 1.807) is 0 Å². The maximum atomic E-state index is 10.6. The van der Waals surface area contributed by atoms with Gasteiger partial charge in [-0.1, -0.05) is 40.2 Å². The van der Waals surface area contributed by atoms with Gasteiger partial charge in [-0.3, -0.25) is 4.79 Å². The molecule has 0 saturated carbocycles. The molecular formula is C10H12BrNO2. The summed E-state index contributed by atoms with van der Waals surface area (Å²) in [7, 11) is 0. The van der Waals surface area contributed by atoms with Gasteiger partial charge in [0.15, 0.2) is 0 Å². The van der Waals surface area contributed by atoms with Crippen LogP contribution in [0.4, 0.5) is 0 Å². The van der Waals surface area contributed by atoms with Gasteiger partial charge in [-0.05, 0) is 17.5 Å². The Kier molecular flexibility index (Phi) is 4.10. The third-order valence-corrected chi connectivity index (χ3v) is 2.66. The number of carbonyl (C=O) groups is 1. The molecule has 0 heterocycles. The van der Waals surface area contributed by atoms with Gasteiger partial charge in [0.1, 0.15) is 4.83 Å². The molecule has 0 radical (unpaired) electrons. The lowest BCUT2D eigenvalue weighted by molar-refractivity contribution is -0.136. The lowest BCUT2D eigenvalue weighted by atomic mass is 10.1.